The summed E-state index contributed by atoms with van der Waals surface area (Å²) in [5.41, 5.74) is 4.75. The number of benzene rings is 2. The zero-order valence-corrected chi connectivity index (χ0v) is 14.0. The van der Waals surface area contributed by atoms with E-state index < -0.39 is 0 Å². The Balaban J connectivity index is 1.92. The first-order chi connectivity index (χ1) is 10.6. The zero-order valence-electron chi connectivity index (χ0n) is 13.2. The lowest BCUT2D eigenvalue weighted by Gasteiger charge is -2.15. The van der Waals surface area contributed by atoms with Crippen LogP contribution >= 0.6 is 12.2 Å². The van der Waals surface area contributed by atoms with Gasteiger partial charge in [0.1, 0.15) is 0 Å². The van der Waals surface area contributed by atoms with E-state index in [1.165, 1.54) is 16.7 Å². The molecule has 0 aromatic heterocycles. The molecule has 0 aliphatic rings. The number of rotatable bonds is 4. The van der Waals surface area contributed by atoms with Gasteiger partial charge in [-0.05, 0) is 42.8 Å². The molecule has 4 heteroatoms. The Bertz CT molecular complexity index is 665. The molecule has 114 valence electrons. The van der Waals surface area contributed by atoms with E-state index in [0.29, 0.717) is 11.7 Å². The minimum Gasteiger partial charge on any atom is -0.357 e. The lowest BCUT2D eigenvalue weighted by molar-refractivity contribution is 0.532. The van der Waals surface area contributed by atoms with Crippen molar-refractivity contribution < 1.29 is 0 Å². The molecule has 0 unspecified atom stereocenters. The summed E-state index contributed by atoms with van der Waals surface area (Å²) in [7, 11) is 1.85. The molecule has 3 nitrogen and oxygen atoms in total. The number of thiocarbonyl (C=S) groups is 1. The Hall–Kier alpha value is -2.20. The monoisotopic (exact) mass is 311 g/mol. The zero-order chi connectivity index (χ0) is 15.9. The van der Waals surface area contributed by atoms with Gasteiger partial charge >= 0.3 is 0 Å². The predicted octanol–water partition coefficient (Wildman–Crippen LogP) is 3.64. The Morgan fingerprint density at radius 1 is 1.18 bits per heavy atom. The van der Waals surface area contributed by atoms with Gasteiger partial charge in [0.2, 0.25) is 0 Å². The standard InChI is InChI=1S/C18H21N3S/c1-14-9-10-17(15(2)11-14)13-20-21(3)18(22)19-12-16-7-5-4-6-8-16/h4-11,13H,12H2,1-3H3,(H,19,22)/b20-13-. The molecule has 0 radical (unpaired) electrons. The van der Waals surface area contributed by atoms with Crippen LogP contribution in [0.25, 0.3) is 0 Å². The van der Waals surface area contributed by atoms with Gasteiger partial charge in [0.15, 0.2) is 5.11 Å². The number of nitrogens with zero attached hydrogens (tertiary/aromatic N) is 2. The SMILES string of the molecule is Cc1ccc(/C=N\N(C)C(=S)NCc2ccccc2)c(C)c1. The highest BCUT2D eigenvalue weighted by Crippen LogP contribution is 2.08. The number of hydrazone groups is 1. The first-order valence-electron chi connectivity index (χ1n) is 7.23. The van der Waals surface area contributed by atoms with Crippen LogP contribution in [-0.2, 0) is 6.54 Å². The van der Waals surface area contributed by atoms with Crippen molar-refractivity contribution in [3.63, 3.8) is 0 Å². The average Bonchev–Trinajstić information content (AvgIpc) is 2.52. The van der Waals surface area contributed by atoms with Gasteiger partial charge in [-0.15, -0.1) is 0 Å². The highest BCUT2D eigenvalue weighted by molar-refractivity contribution is 7.80. The third-order valence-corrected chi connectivity index (χ3v) is 3.78. The third-order valence-electron chi connectivity index (χ3n) is 3.38. The van der Waals surface area contributed by atoms with Gasteiger partial charge in [0.05, 0.1) is 6.21 Å². The molecule has 22 heavy (non-hydrogen) atoms. The van der Waals surface area contributed by atoms with Crippen LogP contribution in [0.1, 0.15) is 22.3 Å². The van der Waals surface area contributed by atoms with Crippen LogP contribution in [0.2, 0.25) is 0 Å². The van der Waals surface area contributed by atoms with E-state index in [1.807, 2.05) is 31.5 Å². The molecule has 0 aliphatic carbocycles. The van der Waals surface area contributed by atoms with E-state index in [4.69, 9.17) is 12.2 Å². The lowest BCUT2D eigenvalue weighted by Crippen LogP contribution is -2.33. The third kappa shape index (κ3) is 4.67. The maximum Gasteiger partial charge on any atom is 0.189 e. The Labute approximate surface area is 137 Å². The van der Waals surface area contributed by atoms with Crippen LogP contribution in [0.15, 0.2) is 53.6 Å². The van der Waals surface area contributed by atoms with Crippen molar-refractivity contribution in [1.82, 2.24) is 10.3 Å². The Morgan fingerprint density at radius 3 is 2.59 bits per heavy atom. The summed E-state index contributed by atoms with van der Waals surface area (Å²) in [6.07, 6.45) is 1.84. The van der Waals surface area contributed by atoms with Gasteiger partial charge in [0.25, 0.3) is 0 Å². The number of aryl methyl sites for hydroxylation is 2. The van der Waals surface area contributed by atoms with Crippen LogP contribution in [0.5, 0.6) is 0 Å². The molecule has 0 bridgehead atoms. The quantitative estimate of drug-likeness (QED) is 0.531. The molecule has 2 aromatic carbocycles. The van der Waals surface area contributed by atoms with Gasteiger partial charge < -0.3 is 5.32 Å². The molecular formula is C18H21N3S. The van der Waals surface area contributed by atoms with Crippen LogP contribution < -0.4 is 5.32 Å². The van der Waals surface area contributed by atoms with Crippen molar-refractivity contribution in [1.29, 1.82) is 0 Å². The summed E-state index contributed by atoms with van der Waals surface area (Å²) in [4.78, 5) is 0. The highest BCUT2D eigenvalue weighted by atomic mass is 32.1. The topological polar surface area (TPSA) is 27.6 Å². The number of hydrogen-bond acceptors (Lipinski definition) is 2. The van der Waals surface area contributed by atoms with Crippen LogP contribution in [-0.4, -0.2) is 23.4 Å². The summed E-state index contributed by atoms with van der Waals surface area (Å²) in [5, 5.41) is 9.88. The Kier molecular flexibility index (Phi) is 5.67. The summed E-state index contributed by atoms with van der Waals surface area (Å²) in [5.74, 6) is 0. The predicted molar refractivity (Wildman–Crippen MR) is 97.2 cm³/mol. The second-order valence-electron chi connectivity index (χ2n) is 5.27. The summed E-state index contributed by atoms with van der Waals surface area (Å²) >= 11 is 5.35. The van der Waals surface area contributed by atoms with Crippen molar-refractivity contribution in [2.24, 2.45) is 5.10 Å². The van der Waals surface area contributed by atoms with Crippen molar-refractivity contribution in [2.45, 2.75) is 20.4 Å². The summed E-state index contributed by atoms with van der Waals surface area (Å²) in [6.45, 7) is 4.87. The molecule has 2 aromatic rings. The molecular weight excluding hydrogens is 290 g/mol. The van der Waals surface area contributed by atoms with Crippen LogP contribution in [0.3, 0.4) is 0 Å². The van der Waals surface area contributed by atoms with Crippen molar-refractivity contribution >= 4 is 23.5 Å². The maximum absolute atomic E-state index is 5.35. The molecule has 0 fully saturated rings. The first kappa shape index (κ1) is 16.2. The van der Waals surface area contributed by atoms with Gasteiger partial charge in [0, 0.05) is 13.6 Å². The van der Waals surface area contributed by atoms with Crippen molar-refractivity contribution in [2.75, 3.05) is 7.05 Å². The van der Waals surface area contributed by atoms with E-state index in [2.05, 4.69) is 54.6 Å². The fraction of sp³-hybridized carbons (Fsp3) is 0.222. The van der Waals surface area contributed by atoms with Crippen LogP contribution in [0.4, 0.5) is 0 Å². The fourth-order valence-electron chi connectivity index (χ4n) is 2.06. The van der Waals surface area contributed by atoms with Gasteiger partial charge in [-0.2, -0.15) is 5.10 Å². The molecule has 0 saturated heterocycles. The average molecular weight is 311 g/mol. The molecule has 1 N–H and O–H groups in total. The van der Waals surface area contributed by atoms with Gasteiger partial charge in [-0.3, -0.25) is 0 Å². The van der Waals surface area contributed by atoms with E-state index in [-0.39, 0.29) is 0 Å². The summed E-state index contributed by atoms with van der Waals surface area (Å²) < 4.78 is 0. The second kappa shape index (κ2) is 7.71. The molecule has 0 spiro atoms. The summed E-state index contributed by atoms with van der Waals surface area (Å²) in [6, 6.07) is 16.5. The maximum atomic E-state index is 5.35. The molecule has 0 aliphatic heterocycles. The highest BCUT2D eigenvalue weighted by Gasteiger charge is 2.02. The minimum atomic E-state index is 0.602. The molecule has 2 rings (SSSR count). The minimum absolute atomic E-state index is 0.602. The second-order valence-corrected chi connectivity index (χ2v) is 5.66. The van der Waals surface area contributed by atoms with E-state index >= 15 is 0 Å². The molecule has 0 saturated carbocycles. The Morgan fingerprint density at radius 2 is 1.91 bits per heavy atom. The van der Waals surface area contributed by atoms with Crippen molar-refractivity contribution in [3.8, 4) is 0 Å². The van der Waals surface area contributed by atoms with Crippen LogP contribution in [0, 0.1) is 13.8 Å². The van der Waals surface area contributed by atoms with Crippen molar-refractivity contribution in [3.05, 3.63) is 70.8 Å². The van der Waals surface area contributed by atoms with Gasteiger partial charge in [-0.25, -0.2) is 5.01 Å². The fourth-order valence-corrected chi connectivity index (χ4v) is 2.18. The molecule has 0 atom stereocenters. The smallest absolute Gasteiger partial charge is 0.189 e. The first-order valence-corrected chi connectivity index (χ1v) is 7.64. The lowest BCUT2D eigenvalue weighted by atomic mass is 10.1. The largest absolute Gasteiger partial charge is 0.357 e. The van der Waals surface area contributed by atoms with E-state index in [9.17, 15) is 0 Å². The molecule has 0 amide bonds. The van der Waals surface area contributed by atoms with E-state index in [1.54, 1.807) is 5.01 Å². The number of nitrogens with one attached hydrogen (secondary N) is 1. The molecule has 0 heterocycles. The number of hydrogen-bond donors (Lipinski definition) is 1. The normalized spacial score (nSPS) is 10.7. The van der Waals surface area contributed by atoms with Gasteiger partial charge in [-0.1, -0.05) is 54.1 Å². The van der Waals surface area contributed by atoms with E-state index in [0.717, 1.165) is 5.56 Å².